The van der Waals surface area contributed by atoms with Crippen LogP contribution in [0.25, 0.3) is 11.1 Å². The lowest BCUT2D eigenvalue weighted by atomic mass is 10.0. The topological polar surface area (TPSA) is 26.3 Å². The van der Waals surface area contributed by atoms with Gasteiger partial charge in [0.05, 0.1) is 0 Å². The Morgan fingerprint density at radius 2 is 1.50 bits per heavy atom. The SMILES string of the molecule is C=C(C)C(=O)OCc1ccc(-c2ccc(C)cc2)cc1. The van der Waals surface area contributed by atoms with Crippen molar-refractivity contribution < 1.29 is 9.53 Å². The minimum absolute atomic E-state index is 0.278. The molecule has 2 rings (SSSR count). The molecule has 0 aromatic heterocycles. The average Bonchev–Trinajstić information content (AvgIpc) is 2.46. The minimum Gasteiger partial charge on any atom is -0.457 e. The van der Waals surface area contributed by atoms with E-state index in [-0.39, 0.29) is 12.6 Å². The fraction of sp³-hybridized carbons (Fsp3) is 0.167. The zero-order chi connectivity index (χ0) is 14.5. The van der Waals surface area contributed by atoms with Gasteiger partial charge in [-0.25, -0.2) is 4.79 Å². The summed E-state index contributed by atoms with van der Waals surface area (Å²) < 4.78 is 5.11. The predicted molar refractivity (Wildman–Crippen MR) is 81.2 cm³/mol. The summed E-state index contributed by atoms with van der Waals surface area (Å²) >= 11 is 0. The van der Waals surface area contributed by atoms with Crippen molar-refractivity contribution in [3.8, 4) is 11.1 Å². The Hall–Kier alpha value is -2.35. The van der Waals surface area contributed by atoms with Crippen molar-refractivity contribution in [2.45, 2.75) is 20.5 Å². The van der Waals surface area contributed by atoms with Gasteiger partial charge in [0.25, 0.3) is 0 Å². The number of rotatable bonds is 4. The molecule has 0 amide bonds. The summed E-state index contributed by atoms with van der Waals surface area (Å²) in [7, 11) is 0. The molecule has 20 heavy (non-hydrogen) atoms. The third kappa shape index (κ3) is 3.58. The van der Waals surface area contributed by atoms with Gasteiger partial charge in [0, 0.05) is 5.57 Å². The summed E-state index contributed by atoms with van der Waals surface area (Å²) in [5.74, 6) is -0.354. The molecule has 0 N–H and O–H groups in total. The summed E-state index contributed by atoms with van der Waals surface area (Å²) in [6.45, 7) is 7.55. The number of ether oxygens (including phenoxy) is 1. The highest BCUT2D eigenvalue weighted by Crippen LogP contribution is 2.20. The molecule has 2 heteroatoms. The molecule has 0 unspecified atom stereocenters. The molecule has 2 nitrogen and oxygen atoms in total. The van der Waals surface area contributed by atoms with E-state index in [0.29, 0.717) is 5.57 Å². The molecule has 0 saturated carbocycles. The van der Waals surface area contributed by atoms with Crippen molar-refractivity contribution in [2.24, 2.45) is 0 Å². The zero-order valence-corrected chi connectivity index (χ0v) is 11.8. The van der Waals surface area contributed by atoms with E-state index in [1.165, 1.54) is 11.1 Å². The first-order valence-corrected chi connectivity index (χ1v) is 6.55. The Kier molecular flexibility index (Phi) is 4.36. The number of esters is 1. The quantitative estimate of drug-likeness (QED) is 0.610. The Morgan fingerprint density at radius 3 is 2.00 bits per heavy atom. The standard InChI is InChI=1S/C18H18O2/c1-13(2)18(19)20-12-15-6-10-17(11-7-15)16-8-4-14(3)5-9-16/h4-11H,1,12H2,2-3H3. The molecule has 0 fully saturated rings. The summed E-state index contributed by atoms with van der Waals surface area (Å²) in [6, 6.07) is 16.4. The Balaban J connectivity index is 2.04. The summed E-state index contributed by atoms with van der Waals surface area (Å²) in [5, 5.41) is 0. The van der Waals surface area contributed by atoms with E-state index < -0.39 is 0 Å². The minimum atomic E-state index is -0.354. The van der Waals surface area contributed by atoms with Crippen LogP contribution < -0.4 is 0 Å². The second-order valence-corrected chi connectivity index (χ2v) is 4.92. The molecule has 0 aliphatic carbocycles. The third-order valence-corrected chi connectivity index (χ3v) is 3.06. The van der Waals surface area contributed by atoms with Crippen LogP contribution in [0.5, 0.6) is 0 Å². The van der Waals surface area contributed by atoms with E-state index in [9.17, 15) is 4.79 Å². The van der Waals surface area contributed by atoms with Crippen molar-refractivity contribution in [2.75, 3.05) is 0 Å². The van der Waals surface area contributed by atoms with Gasteiger partial charge in [-0.05, 0) is 30.5 Å². The van der Waals surface area contributed by atoms with Crippen molar-refractivity contribution in [3.05, 3.63) is 71.8 Å². The van der Waals surface area contributed by atoms with Gasteiger partial charge in [0.1, 0.15) is 6.61 Å². The third-order valence-electron chi connectivity index (χ3n) is 3.06. The van der Waals surface area contributed by atoms with Gasteiger partial charge in [0.15, 0.2) is 0 Å². The zero-order valence-electron chi connectivity index (χ0n) is 11.8. The smallest absolute Gasteiger partial charge is 0.333 e. The molecular formula is C18H18O2. The summed E-state index contributed by atoms with van der Waals surface area (Å²) in [6.07, 6.45) is 0. The Morgan fingerprint density at radius 1 is 1.00 bits per heavy atom. The number of carbonyl (C=O) groups is 1. The van der Waals surface area contributed by atoms with Crippen LogP contribution in [0.1, 0.15) is 18.1 Å². The summed E-state index contributed by atoms with van der Waals surface area (Å²) in [5.41, 5.74) is 4.97. The lowest BCUT2D eigenvalue weighted by Crippen LogP contribution is -2.04. The number of aryl methyl sites for hydroxylation is 1. The van der Waals surface area contributed by atoms with Crippen LogP contribution in [-0.4, -0.2) is 5.97 Å². The highest BCUT2D eigenvalue weighted by Gasteiger charge is 2.04. The molecule has 0 spiro atoms. The maximum absolute atomic E-state index is 11.3. The summed E-state index contributed by atoms with van der Waals surface area (Å²) in [4.78, 5) is 11.3. The number of hydrogen-bond acceptors (Lipinski definition) is 2. The van der Waals surface area contributed by atoms with Gasteiger partial charge in [-0.15, -0.1) is 0 Å². The molecule has 2 aromatic rings. The van der Waals surface area contributed by atoms with Crippen LogP contribution in [0, 0.1) is 6.92 Å². The first kappa shape index (κ1) is 14.1. The molecule has 0 radical (unpaired) electrons. The Labute approximate surface area is 119 Å². The molecule has 0 aliphatic rings. The van der Waals surface area contributed by atoms with E-state index in [0.717, 1.165) is 11.1 Å². The highest BCUT2D eigenvalue weighted by molar-refractivity contribution is 5.86. The number of carbonyl (C=O) groups excluding carboxylic acids is 1. The van der Waals surface area contributed by atoms with Crippen molar-refractivity contribution in [1.82, 2.24) is 0 Å². The molecule has 2 aromatic carbocycles. The van der Waals surface area contributed by atoms with Gasteiger partial charge in [-0.2, -0.15) is 0 Å². The second-order valence-electron chi connectivity index (χ2n) is 4.92. The van der Waals surface area contributed by atoms with Crippen LogP contribution >= 0.6 is 0 Å². The van der Waals surface area contributed by atoms with Crippen LogP contribution in [0.2, 0.25) is 0 Å². The Bertz CT molecular complexity index is 607. The maximum atomic E-state index is 11.3. The van der Waals surface area contributed by atoms with Gasteiger partial charge < -0.3 is 4.74 Å². The monoisotopic (exact) mass is 266 g/mol. The maximum Gasteiger partial charge on any atom is 0.333 e. The largest absolute Gasteiger partial charge is 0.457 e. The normalized spacial score (nSPS) is 10.1. The molecule has 102 valence electrons. The second kappa shape index (κ2) is 6.20. The first-order chi connectivity index (χ1) is 9.56. The van der Waals surface area contributed by atoms with Gasteiger partial charge in [-0.1, -0.05) is 60.7 Å². The van der Waals surface area contributed by atoms with Gasteiger partial charge in [0.2, 0.25) is 0 Å². The van der Waals surface area contributed by atoms with E-state index in [1.807, 2.05) is 24.3 Å². The van der Waals surface area contributed by atoms with Crippen molar-refractivity contribution >= 4 is 5.97 Å². The lowest BCUT2D eigenvalue weighted by molar-refractivity contribution is -0.140. The number of benzene rings is 2. The van der Waals surface area contributed by atoms with Gasteiger partial charge in [-0.3, -0.25) is 0 Å². The van der Waals surface area contributed by atoms with Crippen LogP contribution in [0.15, 0.2) is 60.7 Å². The molecule has 0 atom stereocenters. The molecule has 0 bridgehead atoms. The van der Waals surface area contributed by atoms with Gasteiger partial charge >= 0.3 is 5.97 Å². The van der Waals surface area contributed by atoms with E-state index >= 15 is 0 Å². The number of hydrogen-bond donors (Lipinski definition) is 0. The molecule has 0 saturated heterocycles. The van der Waals surface area contributed by atoms with Crippen LogP contribution in [0.4, 0.5) is 0 Å². The van der Waals surface area contributed by atoms with E-state index in [1.54, 1.807) is 6.92 Å². The molecule has 0 aliphatic heterocycles. The van der Waals surface area contributed by atoms with Crippen LogP contribution in [-0.2, 0) is 16.1 Å². The highest BCUT2D eigenvalue weighted by atomic mass is 16.5. The molecule has 0 heterocycles. The molecular weight excluding hydrogens is 248 g/mol. The fourth-order valence-electron chi connectivity index (χ4n) is 1.81. The van der Waals surface area contributed by atoms with Crippen LogP contribution in [0.3, 0.4) is 0 Å². The lowest BCUT2D eigenvalue weighted by Gasteiger charge is -2.06. The predicted octanol–water partition coefficient (Wildman–Crippen LogP) is 4.28. The van der Waals surface area contributed by atoms with Crippen molar-refractivity contribution in [3.63, 3.8) is 0 Å². The first-order valence-electron chi connectivity index (χ1n) is 6.55. The van der Waals surface area contributed by atoms with Crippen molar-refractivity contribution in [1.29, 1.82) is 0 Å². The van der Waals surface area contributed by atoms with E-state index in [2.05, 4.69) is 37.8 Å². The fourth-order valence-corrected chi connectivity index (χ4v) is 1.81. The average molecular weight is 266 g/mol. The van der Waals surface area contributed by atoms with E-state index in [4.69, 9.17) is 4.74 Å².